The van der Waals surface area contributed by atoms with Crippen LogP contribution in [0.5, 0.6) is 0 Å². The number of rotatable bonds is 6. The van der Waals surface area contributed by atoms with Gasteiger partial charge in [0.2, 0.25) is 0 Å². The molecule has 0 unspecified atom stereocenters. The summed E-state index contributed by atoms with van der Waals surface area (Å²) < 4.78 is 0. The fraction of sp³-hybridized carbons (Fsp3) is 1.00. The van der Waals surface area contributed by atoms with Gasteiger partial charge in [-0.05, 0) is 51.1 Å². The molecular weight excluding hydrogens is 194 g/mol. The van der Waals surface area contributed by atoms with E-state index in [1.165, 1.54) is 19.4 Å². The molecule has 0 aromatic carbocycles. The van der Waals surface area contributed by atoms with E-state index < -0.39 is 0 Å². The molecule has 98 valence electrons. The van der Waals surface area contributed by atoms with Crippen LogP contribution >= 0.6 is 0 Å². The quantitative estimate of drug-likeness (QED) is 0.642. The van der Waals surface area contributed by atoms with Crippen molar-refractivity contribution < 1.29 is 0 Å². The van der Waals surface area contributed by atoms with E-state index in [0.29, 0.717) is 11.0 Å². The Morgan fingerprint density at radius 1 is 1.00 bits per heavy atom. The highest BCUT2D eigenvalue weighted by molar-refractivity contribution is 4.85. The van der Waals surface area contributed by atoms with Crippen LogP contribution < -0.4 is 0 Å². The predicted molar refractivity (Wildman–Crippen MR) is 74.9 cm³/mol. The Balaban J connectivity index is 4.42. The van der Waals surface area contributed by atoms with Crippen molar-refractivity contribution in [2.75, 3.05) is 13.1 Å². The second kappa shape index (κ2) is 6.05. The van der Waals surface area contributed by atoms with Gasteiger partial charge in [0.1, 0.15) is 0 Å². The largest absolute Gasteiger partial charge is 0.298 e. The fourth-order valence-electron chi connectivity index (χ4n) is 2.71. The summed E-state index contributed by atoms with van der Waals surface area (Å²) in [6.07, 6.45) is 2.56. The van der Waals surface area contributed by atoms with Crippen LogP contribution in [0.3, 0.4) is 0 Å². The van der Waals surface area contributed by atoms with Gasteiger partial charge in [0.25, 0.3) is 0 Å². The maximum absolute atomic E-state index is 2.64. The lowest BCUT2D eigenvalue weighted by Gasteiger charge is -2.42. The number of hydrogen-bond acceptors (Lipinski definition) is 1. The summed E-state index contributed by atoms with van der Waals surface area (Å²) >= 11 is 0. The molecule has 0 aromatic heterocycles. The molecule has 0 heterocycles. The lowest BCUT2D eigenvalue weighted by Crippen LogP contribution is -2.46. The molecule has 16 heavy (non-hydrogen) atoms. The third-order valence-electron chi connectivity index (χ3n) is 3.18. The van der Waals surface area contributed by atoms with E-state index in [1.54, 1.807) is 0 Å². The summed E-state index contributed by atoms with van der Waals surface area (Å²) in [4.78, 5) is 2.64. The Hall–Kier alpha value is -0.0400. The molecule has 0 aliphatic heterocycles. The van der Waals surface area contributed by atoms with Gasteiger partial charge in [0, 0.05) is 5.54 Å². The molecule has 0 bridgehead atoms. The summed E-state index contributed by atoms with van der Waals surface area (Å²) in [5.41, 5.74) is 0.733. The van der Waals surface area contributed by atoms with E-state index in [2.05, 4.69) is 60.3 Å². The Morgan fingerprint density at radius 3 is 1.81 bits per heavy atom. The van der Waals surface area contributed by atoms with Crippen LogP contribution in [0.1, 0.15) is 68.2 Å². The molecule has 0 rings (SSSR count). The highest BCUT2D eigenvalue weighted by Crippen LogP contribution is 2.31. The van der Waals surface area contributed by atoms with Crippen molar-refractivity contribution in [3.63, 3.8) is 0 Å². The van der Waals surface area contributed by atoms with Crippen LogP contribution in [0.2, 0.25) is 0 Å². The molecule has 0 saturated carbocycles. The first-order valence-electron chi connectivity index (χ1n) is 6.83. The van der Waals surface area contributed by atoms with E-state index in [9.17, 15) is 0 Å². The first kappa shape index (κ1) is 16.0. The molecule has 1 nitrogen and oxygen atoms in total. The third-order valence-corrected chi connectivity index (χ3v) is 3.18. The maximum atomic E-state index is 2.64. The Labute approximate surface area is 104 Å². The molecule has 0 aromatic rings. The van der Waals surface area contributed by atoms with Crippen molar-refractivity contribution in [1.82, 2.24) is 4.90 Å². The topological polar surface area (TPSA) is 3.24 Å². The van der Waals surface area contributed by atoms with Crippen molar-refractivity contribution >= 4 is 0 Å². The number of nitrogens with zero attached hydrogens (tertiary/aromatic N) is 1. The molecule has 0 aliphatic carbocycles. The molecule has 0 spiro atoms. The summed E-state index contributed by atoms with van der Waals surface area (Å²) in [5.74, 6) is 0.805. The average molecular weight is 227 g/mol. The summed E-state index contributed by atoms with van der Waals surface area (Å²) in [7, 11) is 0. The average Bonchev–Trinajstić information content (AvgIpc) is 1.98. The number of hydrogen-bond donors (Lipinski definition) is 0. The standard InChI is InChI=1S/C15H33N/c1-9-16(11-10-13(2)3)15(7,8)12-14(4,5)6/h13H,9-12H2,1-8H3. The first-order chi connectivity index (χ1) is 7.08. The second-order valence-corrected chi connectivity index (χ2v) is 7.31. The van der Waals surface area contributed by atoms with Crippen molar-refractivity contribution in [3.05, 3.63) is 0 Å². The minimum Gasteiger partial charge on any atom is -0.298 e. The Bertz CT molecular complexity index is 186. The molecule has 0 amide bonds. The zero-order valence-electron chi connectivity index (χ0n) is 12.9. The summed E-state index contributed by atoms with van der Waals surface area (Å²) in [6, 6.07) is 0. The summed E-state index contributed by atoms with van der Waals surface area (Å²) in [6.45, 7) is 21.1. The zero-order chi connectivity index (χ0) is 13.0. The fourth-order valence-corrected chi connectivity index (χ4v) is 2.71. The van der Waals surface area contributed by atoms with E-state index >= 15 is 0 Å². The molecule has 0 aliphatic rings. The zero-order valence-corrected chi connectivity index (χ0v) is 12.9. The van der Waals surface area contributed by atoms with Gasteiger partial charge in [-0.25, -0.2) is 0 Å². The smallest absolute Gasteiger partial charge is 0.0158 e. The highest BCUT2D eigenvalue weighted by Gasteiger charge is 2.30. The Morgan fingerprint density at radius 2 is 1.50 bits per heavy atom. The van der Waals surface area contributed by atoms with Crippen molar-refractivity contribution in [2.24, 2.45) is 11.3 Å². The normalized spacial score (nSPS) is 13.9. The second-order valence-electron chi connectivity index (χ2n) is 7.31. The summed E-state index contributed by atoms with van der Waals surface area (Å²) in [5, 5.41) is 0. The maximum Gasteiger partial charge on any atom is 0.0158 e. The molecule has 1 heteroatoms. The van der Waals surface area contributed by atoms with Crippen molar-refractivity contribution in [2.45, 2.75) is 73.8 Å². The molecule has 0 saturated heterocycles. The van der Waals surface area contributed by atoms with Gasteiger partial charge in [-0.3, -0.25) is 4.90 Å². The molecule has 0 radical (unpaired) electrons. The third kappa shape index (κ3) is 6.52. The van der Waals surface area contributed by atoms with E-state index in [0.717, 1.165) is 12.5 Å². The predicted octanol–water partition coefficient (Wildman–Crippen LogP) is 4.57. The lowest BCUT2D eigenvalue weighted by molar-refractivity contribution is 0.0778. The minimum atomic E-state index is 0.321. The van der Waals surface area contributed by atoms with E-state index in [-0.39, 0.29) is 0 Å². The highest BCUT2D eigenvalue weighted by atomic mass is 15.2. The monoisotopic (exact) mass is 227 g/mol. The molecular formula is C15H33N. The van der Waals surface area contributed by atoms with Crippen LogP contribution in [-0.4, -0.2) is 23.5 Å². The van der Waals surface area contributed by atoms with Crippen molar-refractivity contribution in [3.8, 4) is 0 Å². The van der Waals surface area contributed by atoms with Crippen LogP contribution in [0.4, 0.5) is 0 Å². The first-order valence-corrected chi connectivity index (χ1v) is 6.83. The molecule has 0 atom stereocenters. The van der Waals surface area contributed by atoms with Crippen LogP contribution in [0, 0.1) is 11.3 Å². The van der Waals surface area contributed by atoms with Gasteiger partial charge < -0.3 is 0 Å². The van der Waals surface area contributed by atoms with Crippen LogP contribution in [-0.2, 0) is 0 Å². The molecule has 0 fully saturated rings. The van der Waals surface area contributed by atoms with E-state index in [4.69, 9.17) is 0 Å². The van der Waals surface area contributed by atoms with E-state index in [1.807, 2.05) is 0 Å². The van der Waals surface area contributed by atoms with Gasteiger partial charge in [-0.2, -0.15) is 0 Å². The van der Waals surface area contributed by atoms with Gasteiger partial charge >= 0.3 is 0 Å². The van der Waals surface area contributed by atoms with Crippen molar-refractivity contribution in [1.29, 1.82) is 0 Å². The van der Waals surface area contributed by atoms with Crippen LogP contribution in [0.25, 0.3) is 0 Å². The van der Waals surface area contributed by atoms with Gasteiger partial charge in [-0.15, -0.1) is 0 Å². The SMILES string of the molecule is CCN(CCC(C)C)C(C)(C)CC(C)(C)C. The van der Waals surface area contributed by atoms with Crippen LogP contribution in [0.15, 0.2) is 0 Å². The lowest BCUT2D eigenvalue weighted by atomic mass is 9.80. The van der Waals surface area contributed by atoms with Gasteiger partial charge in [0.05, 0.1) is 0 Å². The van der Waals surface area contributed by atoms with Gasteiger partial charge in [-0.1, -0.05) is 41.5 Å². The molecule has 0 N–H and O–H groups in total. The minimum absolute atomic E-state index is 0.321. The van der Waals surface area contributed by atoms with Gasteiger partial charge in [0.15, 0.2) is 0 Å². The Kier molecular flexibility index (Phi) is 6.03.